The van der Waals surface area contributed by atoms with Crippen LogP contribution in [0.2, 0.25) is 0 Å². The predicted octanol–water partition coefficient (Wildman–Crippen LogP) is 3.12. The van der Waals surface area contributed by atoms with Gasteiger partial charge in [-0.3, -0.25) is 4.79 Å². The van der Waals surface area contributed by atoms with E-state index in [9.17, 15) is 4.79 Å². The van der Waals surface area contributed by atoms with E-state index in [4.69, 9.17) is 4.42 Å². The summed E-state index contributed by atoms with van der Waals surface area (Å²) in [5, 5.41) is 2.97. The zero-order chi connectivity index (χ0) is 14.4. The molecule has 20 heavy (non-hydrogen) atoms. The Bertz CT molecular complexity index is 581. The fourth-order valence-electron chi connectivity index (χ4n) is 1.57. The van der Waals surface area contributed by atoms with Gasteiger partial charge in [0.1, 0.15) is 12.0 Å². The monoisotopic (exact) mass is 288 g/mol. The zero-order valence-corrected chi connectivity index (χ0v) is 12.0. The third-order valence-corrected chi connectivity index (χ3v) is 3.58. The third kappa shape index (κ3) is 3.74. The molecule has 0 aliphatic heterocycles. The van der Waals surface area contributed by atoms with Crippen LogP contribution in [-0.4, -0.2) is 22.7 Å². The van der Waals surface area contributed by atoms with Gasteiger partial charge in [0, 0.05) is 12.1 Å². The van der Waals surface area contributed by atoms with Gasteiger partial charge >= 0.3 is 0 Å². The van der Waals surface area contributed by atoms with E-state index in [-0.39, 0.29) is 11.2 Å². The van der Waals surface area contributed by atoms with Gasteiger partial charge in [-0.25, -0.2) is 4.98 Å². The minimum atomic E-state index is -0.266. The molecule has 104 valence electrons. The number of nitrogens with one attached hydrogen (secondary N) is 1. The number of oxazole rings is 1. The Hall–Kier alpha value is -2.01. The Labute approximate surface area is 122 Å². The van der Waals surface area contributed by atoms with Gasteiger partial charge in [0.25, 0.3) is 5.22 Å². The Kier molecular flexibility index (Phi) is 5.01. The highest BCUT2D eigenvalue weighted by Gasteiger charge is 2.17. The van der Waals surface area contributed by atoms with Crippen LogP contribution in [0.1, 0.15) is 6.92 Å². The largest absolute Gasteiger partial charge is 0.439 e. The number of hydrogen-bond acceptors (Lipinski definition) is 4. The SMILES string of the molecule is C=CCNC(=O)C(C)Sc1nc(-c2ccccc2)co1. The van der Waals surface area contributed by atoms with E-state index in [2.05, 4.69) is 16.9 Å². The maximum atomic E-state index is 11.7. The average molecular weight is 288 g/mol. The summed E-state index contributed by atoms with van der Waals surface area (Å²) in [6.45, 7) is 5.84. The molecule has 2 rings (SSSR count). The standard InChI is InChI=1S/C15H16N2O2S/c1-3-9-16-14(18)11(2)20-15-17-13(10-19-15)12-7-5-4-6-8-12/h3-8,10-11H,1,9H2,2H3,(H,16,18). The summed E-state index contributed by atoms with van der Waals surface area (Å²) in [6, 6.07) is 9.77. The molecule has 0 spiro atoms. The first-order valence-corrected chi connectivity index (χ1v) is 7.15. The summed E-state index contributed by atoms with van der Waals surface area (Å²) < 4.78 is 5.40. The summed E-state index contributed by atoms with van der Waals surface area (Å²) in [7, 11) is 0. The van der Waals surface area contributed by atoms with Crippen LogP contribution in [0.25, 0.3) is 11.3 Å². The lowest BCUT2D eigenvalue weighted by Gasteiger charge is -2.07. The molecule has 0 fully saturated rings. The average Bonchev–Trinajstić information content (AvgIpc) is 2.94. The number of carbonyl (C=O) groups is 1. The van der Waals surface area contributed by atoms with Gasteiger partial charge in [0.2, 0.25) is 5.91 Å². The maximum absolute atomic E-state index is 11.7. The number of carbonyl (C=O) groups excluding carboxylic acids is 1. The second-order valence-electron chi connectivity index (χ2n) is 4.16. The molecule has 0 radical (unpaired) electrons. The Morgan fingerprint density at radius 3 is 2.95 bits per heavy atom. The van der Waals surface area contributed by atoms with Crippen molar-refractivity contribution in [2.24, 2.45) is 0 Å². The summed E-state index contributed by atoms with van der Waals surface area (Å²) in [6.07, 6.45) is 3.25. The highest BCUT2D eigenvalue weighted by Crippen LogP contribution is 2.26. The van der Waals surface area contributed by atoms with E-state index in [0.29, 0.717) is 11.8 Å². The highest BCUT2D eigenvalue weighted by molar-refractivity contribution is 8.00. The van der Waals surface area contributed by atoms with Crippen LogP contribution in [0.15, 0.2) is 58.9 Å². The van der Waals surface area contributed by atoms with E-state index in [1.165, 1.54) is 11.8 Å². The number of amides is 1. The molecule has 0 bridgehead atoms. The molecule has 1 atom stereocenters. The van der Waals surface area contributed by atoms with Crippen LogP contribution < -0.4 is 5.32 Å². The number of thioether (sulfide) groups is 1. The van der Waals surface area contributed by atoms with Gasteiger partial charge in [0.15, 0.2) is 0 Å². The topological polar surface area (TPSA) is 55.1 Å². The molecule has 1 aromatic carbocycles. The molecular weight excluding hydrogens is 272 g/mol. The Morgan fingerprint density at radius 1 is 1.50 bits per heavy atom. The van der Waals surface area contributed by atoms with Crippen molar-refractivity contribution in [1.82, 2.24) is 10.3 Å². The fourth-order valence-corrected chi connectivity index (χ4v) is 2.32. The van der Waals surface area contributed by atoms with Gasteiger partial charge in [-0.15, -0.1) is 6.58 Å². The first-order chi connectivity index (χ1) is 9.70. The van der Waals surface area contributed by atoms with Crippen LogP contribution in [0.5, 0.6) is 0 Å². The second-order valence-corrected chi connectivity index (χ2v) is 5.45. The molecule has 0 aliphatic carbocycles. The summed E-state index contributed by atoms with van der Waals surface area (Å²) in [5.41, 5.74) is 1.76. The number of hydrogen-bond donors (Lipinski definition) is 1. The molecule has 2 aromatic rings. The molecule has 0 saturated heterocycles. The first kappa shape index (κ1) is 14.4. The van der Waals surface area contributed by atoms with Crippen molar-refractivity contribution in [3.8, 4) is 11.3 Å². The molecule has 0 saturated carbocycles. The van der Waals surface area contributed by atoms with E-state index in [1.54, 1.807) is 12.3 Å². The van der Waals surface area contributed by atoms with Crippen molar-refractivity contribution in [3.63, 3.8) is 0 Å². The molecule has 1 heterocycles. The van der Waals surface area contributed by atoms with Crippen molar-refractivity contribution < 1.29 is 9.21 Å². The van der Waals surface area contributed by atoms with Crippen LogP contribution in [0, 0.1) is 0 Å². The van der Waals surface area contributed by atoms with Crippen molar-refractivity contribution >= 4 is 17.7 Å². The fraction of sp³-hybridized carbons (Fsp3) is 0.200. The van der Waals surface area contributed by atoms with Crippen LogP contribution in [-0.2, 0) is 4.79 Å². The molecule has 1 amide bonds. The zero-order valence-electron chi connectivity index (χ0n) is 11.2. The van der Waals surface area contributed by atoms with E-state index in [1.807, 2.05) is 37.3 Å². The minimum Gasteiger partial charge on any atom is -0.439 e. The summed E-state index contributed by atoms with van der Waals surface area (Å²) >= 11 is 1.29. The van der Waals surface area contributed by atoms with Crippen molar-refractivity contribution in [2.45, 2.75) is 17.4 Å². The van der Waals surface area contributed by atoms with Crippen LogP contribution >= 0.6 is 11.8 Å². The highest BCUT2D eigenvalue weighted by atomic mass is 32.2. The Balaban J connectivity index is 1.99. The quantitative estimate of drug-likeness (QED) is 0.655. The van der Waals surface area contributed by atoms with E-state index in [0.717, 1.165) is 11.3 Å². The van der Waals surface area contributed by atoms with Crippen molar-refractivity contribution in [2.75, 3.05) is 6.54 Å². The summed E-state index contributed by atoms with van der Waals surface area (Å²) in [4.78, 5) is 16.1. The van der Waals surface area contributed by atoms with Gasteiger partial charge in [0.05, 0.1) is 5.25 Å². The Morgan fingerprint density at radius 2 is 2.25 bits per heavy atom. The van der Waals surface area contributed by atoms with Gasteiger partial charge < -0.3 is 9.73 Å². The van der Waals surface area contributed by atoms with E-state index >= 15 is 0 Å². The molecule has 5 heteroatoms. The normalized spacial score (nSPS) is 11.8. The maximum Gasteiger partial charge on any atom is 0.256 e. The number of benzene rings is 1. The number of rotatable bonds is 6. The first-order valence-electron chi connectivity index (χ1n) is 6.27. The van der Waals surface area contributed by atoms with Crippen molar-refractivity contribution in [3.05, 3.63) is 49.2 Å². The lowest BCUT2D eigenvalue weighted by molar-refractivity contribution is -0.120. The molecule has 1 unspecified atom stereocenters. The lowest BCUT2D eigenvalue weighted by atomic mass is 10.2. The molecular formula is C15H16N2O2S. The molecule has 1 N–H and O–H groups in total. The number of aromatic nitrogens is 1. The third-order valence-electron chi connectivity index (χ3n) is 2.62. The van der Waals surface area contributed by atoms with Crippen LogP contribution in [0.4, 0.5) is 0 Å². The second kappa shape index (κ2) is 6.96. The van der Waals surface area contributed by atoms with Crippen molar-refractivity contribution in [1.29, 1.82) is 0 Å². The van der Waals surface area contributed by atoms with Gasteiger partial charge in [-0.1, -0.05) is 48.2 Å². The van der Waals surface area contributed by atoms with E-state index < -0.39 is 0 Å². The number of nitrogens with zero attached hydrogens (tertiary/aromatic N) is 1. The molecule has 4 nitrogen and oxygen atoms in total. The van der Waals surface area contributed by atoms with Gasteiger partial charge in [-0.05, 0) is 6.92 Å². The minimum absolute atomic E-state index is 0.0608. The molecule has 0 aliphatic rings. The van der Waals surface area contributed by atoms with Crippen LogP contribution in [0.3, 0.4) is 0 Å². The predicted molar refractivity (Wildman–Crippen MR) is 80.5 cm³/mol. The summed E-state index contributed by atoms with van der Waals surface area (Å²) in [5.74, 6) is -0.0608. The lowest BCUT2D eigenvalue weighted by Crippen LogP contribution is -2.30. The van der Waals surface area contributed by atoms with Gasteiger partial charge in [-0.2, -0.15) is 0 Å². The molecule has 1 aromatic heterocycles. The smallest absolute Gasteiger partial charge is 0.256 e.